The van der Waals surface area contributed by atoms with Gasteiger partial charge >= 0.3 is 0 Å². The highest BCUT2D eigenvalue weighted by Gasteiger charge is 2.22. The molecule has 5 heteroatoms. The molecule has 0 bridgehead atoms. The minimum absolute atomic E-state index is 0.384. The van der Waals surface area contributed by atoms with Crippen molar-refractivity contribution in [3.8, 4) is 11.3 Å². The minimum Gasteiger partial charge on any atom is -0.368 e. The third kappa shape index (κ3) is 3.99. The van der Waals surface area contributed by atoms with Crippen molar-refractivity contribution in [2.75, 3.05) is 13.6 Å². The van der Waals surface area contributed by atoms with E-state index in [1.165, 1.54) is 29.6 Å². The summed E-state index contributed by atoms with van der Waals surface area (Å²) in [7, 11) is 2.17. The third-order valence-corrected chi connectivity index (χ3v) is 5.62. The van der Waals surface area contributed by atoms with Gasteiger partial charge in [-0.2, -0.15) is 0 Å². The Kier molecular flexibility index (Phi) is 5.53. The van der Waals surface area contributed by atoms with Crippen molar-refractivity contribution in [1.29, 1.82) is 0 Å². The summed E-state index contributed by atoms with van der Waals surface area (Å²) in [5, 5.41) is 3.66. The fourth-order valence-corrected chi connectivity index (χ4v) is 3.96. The number of allylic oxidation sites excluding steroid dienone is 4. The summed E-state index contributed by atoms with van der Waals surface area (Å²) >= 11 is 0. The molecule has 1 atom stereocenters. The van der Waals surface area contributed by atoms with Crippen molar-refractivity contribution in [2.24, 2.45) is 4.99 Å². The standard InChI is InChI=1S/C23H27N5/c1-24-14-22(27-23-4-3-13-28(23)2)20-11-7-18(8-12-20)17-5-9-19(10-6-17)21-15-25-16-26-21/h5-7,9-11,14-16,23,27H,1,3-4,8,12-13H2,2H3,(H,25,26)/b22-14-. The van der Waals surface area contributed by atoms with Crippen molar-refractivity contribution in [3.63, 3.8) is 0 Å². The molecule has 2 aliphatic rings. The first-order valence-electron chi connectivity index (χ1n) is 9.86. The zero-order valence-electron chi connectivity index (χ0n) is 16.4. The molecule has 144 valence electrons. The first kappa shape index (κ1) is 18.4. The maximum atomic E-state index is 4.09. The lowest BCUT2D eigenvalue weighted by atomic mass is 9.91. The summed E-state index contributed by atoms with van der Waals surface area (Å²) in [6.45, 7) is 4.79. The molecule has 0 spiro atoms. The van der Waals surface area contributed by atoms with E-state index in [4.69, 9.17) is 0 Å². The Hall–Kier alpha value is -2.92. The molecule has 2 heterocycles. The fourth-order valence-electron chi connectivity index (χ4n) is 3.96. The molecule has 1 saturated heterocycles. The second-order valence-corrected chi connectivity index (χ2v) is 7.43. The van der Waals surface area contributed by atoms with E-state index in [2.05, 4.69) is 75.4 Å². The number of H-pyrrole nitrogens is 1. The van der Waals surface area contributed by atoms with E-state index < -0.39 is 0 Å². The number of imidazole rings is 1. The number of aliphatic imine (C=N–C) groups is 1. The van der Waals surface area contributed by atoms with Gasteiger partial charge in [0.2, 0.25) is 0 Å². The maximum absolute atomic E-state index is 4.09. The first-order valence-corrected chi connectivity index (χ1v) is 9.86. The van der Waals surface area contributed by atoms with Gasteiger partial charge in [0.1, 0.15) is 0 Å². The van der Waals surface area contributed by atoms with Crippen LogP contribution in [-0.2, 0) is 0 Å². The van der Waals surface area contributed by atoms with Crippen LogP contribution in [0.25, 0.3) is 16.8 Å². The lowest BCUT2D eigenvalue weighted by molar-refractivity contribution is 0.281. The number of nitrogens with zero attached hydrogens (tertiary/aromatic N) is 3. The van der Waals surface area contributed by atoms with Gasteiger partial charge in [0.05, 0.1) is 30.1 Å². The number of rotatable bonds is 6. The molecule has 1 unspecified atom stereocenters. The lowest BCUT2D eigenvalue weighted by Crippen LogP contribution is -2.38. The summed E-state index contributed by atoms with van der Waals surface area (Å²) in [6, 6.07) is 8.67. The molecule has 28 heavy (non-hydrogen) atoms. The van der Waals surface area contributed by atoms with Crippen LogP contribution in [0.4, 0.5) is 0 Å². The summed E-state index contributed by atoms with van der Waals surface area (Å²) in [5.41, 5.74) is 7.23. The van der Waals surface area contributed by atoms with E-state index in [0.29, 0.717) is 6.17 Å². The lowest BCUT2D eigenvalue weighted by Gasteiger charge is -2.26. The maximum Gasteiger partial charge on any atom is 0.0924 e. The van der Waals surface area contributed by atoms with Crippen LogP contribution >= 0.6 is 0 Å². The number of aromatic nitrogens is 2. The van der Waals surface area contributed by atoms with Crippen molar-refractivity contribution >= 4 is 12.3 Å². The quantitative estimate of drug-likeness (QED) is 0.740. The van der Waals surface area contributed by atoms with Gasteiger partial charge in [-0.1, -0.05) is 36.4 Å². The van der Waals surface area contributed by atoms with E-state index >= 15 is 0 Å². The molecule has 0 saturated carbocycles. The normalized spacial score (nSPS) is 20.6. The molecule has 1 aromatic carbocycles. The van der Waals surface area contributed by atoms with E-state index in [1.807, 2.05) is 12.4 Å². The molecule has 1 aliphatic heterocycles. The summed E-state index contributed by atoms with van der Waals surface area (Å²) in [4.78, 5) is 13.6. The van der Waals surface area contributed by atoms with Crippen LogP contribution in [0.2, 0.25) is 0 Å². The molecule has 1 aromatic heterocycles. The molecule has 1 aliphatic carbocycles. The van der Waals surface area contributed by atoms with Crippen molar-refractivity contribution in [2.45, 2.75) is 31.8 Å². The molecule has 0 amide bonds. The largest absolute Gasteiger partial charge is 0.368 e. The number of likely N-dealkylation sites (tertiary alicyclic amines) is 1. The Morgan fingerprint density at radius 2 is 2.07 bits per heavy atom. The van der Waals surface area contributed by atoms with Crippen LogP contribution in [0.15, 0.2) is 71.4 Å². The molecule has 2 N–H and O–H groups in total. The van der Waals surface area contributed by atoms with Gasteiger partial charge in [0.25, 0.3) is 0 Å². The van der Waals surface area contributed by atoms with Crippen LogP contribution in [0.5, 0.6) is 0 Å². The van der Waals surface area contributed by atoms with Gasteiger partial charge in [0, 0.05) is 6.20 Å². The van der Waals surface area contributed by atoms with Gasteiger partial charge < -0.3 is 10.3 Å². The van der Waals surface area contributed by atoms with Gasteiger partial charge in [-0.05, 0) is 68.3 Å². The van der Waals surface area contributed by atoms with E-state index in [1.54, 1.807) is 6.33 Å². The Morgan fingerprint density at radius 3 is 2.68 bits per heavy atom. The zero-order chi connectivity index (χ0) is 19.3. The Bertz CT molecular complexity index is 903. The van der Waals surface area contributed by atoms with E-state index in [-0.39, 0.29) is 0 Å². The molecular formula is C23H27N5. The highest BCUT2D eigenvalue weighted by atomic mass is 15.3. The highest BCUT2D eigenvalue weighted by Crippen LogP contribution is 2.31. The smallest absolute Gasteiger partial charge is 0.0924 e. The van der Waals surface area contributed by atoms with Gasteiger partial charge in [-0.15, -0.1) is 0 Å². The van der Waals surface area contributed by atoms with Crippen LogP contribution in [-0.4, -0.2) is 41.3 Å². The first-order chi connectivity index (χ1) is 13.7. The molecular weight excluding hydrogens is 346 g/mol. The zero-order valence-corrected chi connectivity index (χ0v) is 16.4. The highest BCUT2D eigenvalue weighted by molar-refractivity contribution is 5.72. The van der Waals surface area contributed by atoms with Crippen LogP contribution < -0.4 is 5.32 Å². The fraction of sp³-hybridized carbons (Fsp3) is 0.304. The van der Waals surface area contributed by atoms with Crippen molar-refractivity contribution < 1.29 is 0 Å². The number of aromatic amines is 1. The number of nitrogens with one attached hydrogen (secondary N) is 2. The summed E-state index contributed by atoms with van der Waals surface area (Å²) < 4.78 is 0. The minimum atomic E-state index is 0.384. The molecule has 2 aromatic rings. The second-order valence-electron chi connectivity index (χ2n) is 7.43. The topological polar surface area (TPSA) is 56.3 Å². The average Bonchev–Trinajstić information content (AvgIpc) is 3.40. The second kappa shape index (κ2) is 8.40. The molecule has 5 nitrogen and oxygen atoms in total. The van der Waals surface area contributed by atoms with Crippen LogP contribution in [0, 0.1) is 0 Å². The van der Waals surface area contributed by atoms with Crippen molar-refractivity contribution in [3.05, 3.63) is 72.0 Å². The van der Waals surface area contributed by atoms with Gasteiger partial charge in [0.15, 0.2) is 0 Å². The number of hydrogen-bond donors (Lipinski definition) is 2. The number of hydrogen-bond acceptors (Lipinski definition) is 4. The SMILES string of the molecule is C=N/C=C(\NC1CCCN1C)C1=CC=C(c2ccc(-c3cnc[nH]3)cc2)CC1. The van der Waals surface area contributed by atoms with Gasteiger partial charge in [-0.25, -0.2) is 4.98 Å². The van der Waals surface area contributed by atoms with E-state index in [0.717, 1.165) is 36.3 Å². The Balaban J connectivity index is 1.49. The van der Waals surface area contributed by atoms with Crippen LogP contribution in [0.1, 0.15) is 31.2 Å². The van der Waals surface area contributed by atoms with Crippen LogP contribution in [0.3, 0.4) is 0 Å². The summed E-state index contributed by atoms with van der Waals surface area (Å²) in [5.74, 6) is 0. The molecule has 1 fully saturated rings. The molecule has 4 rings (SSSR count). The average molecular weight is 374 g/mol. The predicted octanol–water partition coefficient (Wildman–Crippen LogP) is 4.36. The monoisotopic (exact) mass is 373 g/mol. The summed E-state index contributed by atoms with van der Waals surface area (Å²) in [6.07, 6.45) is 14.7. The van der Waals surface area contributed by atoms with Crippen molar-refractivity contribution in [1.82, 2.24) is 20.2 Å². The molecule has 0 radical (unpaired) electrons. The van der Waals surface area contributed by atoms with E-state index in [9.17, 15) is 0 Å². The van der Waals surface area contributed by atoms with Gasteiger partial charge in [-0.3, -0.25) is 9.89 Å². The number of benzene rings is 1. The third-order valence-electron chi connectivity index (χ3n) is 5.62. The Labute approximate surface area is 166 Å². The Morgan fingerprint density at radius 1 is 1.25 bits per heavy atom. The predicted molar refractivity (Wildman–Crippen MR) is 116 cm³/mol.